The molecule has 0 aliphatic heterocycles. The highest BCUT2D eigenvalue weighted by atomic mass is 16.5. The summed E-state index contributed by atoms with van der Waals surface area (Å²) in [6.45, 7) is 0.470. The fourth-order valence-corrected chi connectivity index (χ4v) is 3.19. The van der Waals surface area contributed by atoms with Crippen LogP contribution in [0.2, 0.25) is 0 Å². The number of para-hydroxylation sites is 3. The molecule has 0 aromatic heterocycles. The molecule has 0 bridgehead atoms. The Morgan fingerprint density at radius 2 is 1.41 bits per heavy atom. The number of hydrogen-bond acceptors (Lipinski definition) is 3. The molecule has 0 saturated heterocycles. The summed E-state index contributed by atoms with van der Waals surface area (Å²) >= 11 is 0. The number of ether oxygens (including phenoxy) is 1. The Bertz CT molecular complexity index is 989. The Hall–Kier alpha value is -3.60. The molecule has 1 saturated carbocycles. The average Bonchev–Trinajstić information content (AvgIpc) is 3.56. The number of hydrogen-bond donors (Lipinski definition) is 2. The van der Waals surface area contributed by atoms with Crippen LogP contribution in [0.5, 0.6) is 11.5 Å². The maximum atomic E-state index is 12.6. The summed E-state index contributed by atoms with van der Waals surface area (Å²) in [7, 11) is 0. The lowest BCUT2D eigenvalue weighted by atomic mass is 10.2. The molecule has 2 atom stereocenters. The van der Waals surface area contributed by atoms with Crippen LogP contribution in [-0.2, 0) is 16.1 Å². The molecule has 5 heteroatoms. The van der Waals surface area contributed by atoms with Crippen LogP contribution in [0.3, 0.4) is 0 Å². The summed E-state index contributed by atoms with van der Waals surface area (Å²) in [6, 6.07) is 26.4. The van der Waals surface area contributed by atoms with Crippen molar-refractivity contribution in [2.75, 3.05) is 5.32 Å². The topological polar surface area (TPSA) is 67.4 Å². The second-order valence-corrected chi connectivity index (χ2v) is 7.05. The van der Waals surface area contributed by atoms with Gasteiger partial charge in [-0.2, -0.15) is 0 Å². The van der Waals surface area contributed by atoms with Gasteiger partial charge in [0.25, 0.3) is 0 Å². The molecule has 0 radical (unpaired) electrons. The minimum absolute atomic E-state index is 0.0807. The van der Waals surface area contributed by atoms with E-state index in [0.717, 1.165) is 5.56 Å². The van der Waals surface area contributed by atoms with Crippen molar-refractivity contribution in [3.05, 3.63) is 90.5 Å². The van der Waals surface area contributed by atoms with E-state index in [-0.39, 0.29) is 23.7 Å². The summed E-state index contributed by atoms with van der Waals surface area (Å²) in [5.41, 5.74) is 1.63. The Labute approximate surface area is 169 Å². The van der Waals surface area contributed by atoms with E-state index < -0.39 is 0 Å². The van der Waals surface area contributed by atoms with E-state index in [4.69, 9.17) is 4.74 Å². The lowest BCUT2D eigenvalue weighted by Crippen LogP contribution is -2.27. The van der Waals surface area contributed by atoms with Gasteiger partial charge in [0.2, 0.25) is 11.8 Å². The van der Waals surface area contributed by atoms with Crippen molar-refractivity contribution >= 4 is 17.5 Å². The maximum absolute atomic E-state index is 12.6. The molecule has 1 fully saturated rings. The predicted molar refractivity (Wildman–Crippen MR) is 111 cm³/mol. The van der Waals surface area contributed by atoms with Gasteiger partial charge in [-0.1, -0.05) is 60.7 Å². The van der Waals surface area contributed by atoms with Crippen LogP contribution in [0.4, 0.5) is 5.69 Å². The van der Waals surface area contributed by atoms with E-state index in [1.165, 1.54) is 0 Å². The van der Waals surface area contributed by atoms with Crippen molar-refractivity contribution in [1.29, 1.82) is 0 Å². The van der Waals surface area contributed by atoms with E-state index in [9.17, 15) is 9.59 Å². The SMILES string of the molecule is O=C(NCc1ccccc1)C1CC1C(=O)Nc1ccccc1Oc1ccccc1. The number of amides is 2. The highest BCUT2D eigenvalue weighted by Crippen LogP contribution is 2.40. The third-order valence-corrected chi connectivity index (χ3v) is 4.89. The zero-order valence-electron chi connectivity index (χ0n) is 15.9. The second kappa shape index (κ2) is 8.61. The van der Waals surface area contributed by atoms with E-state index >= 15 is 0 Å². The number of carbonyl (C=O) groups excluding carboxylic acids is 2. The molecule has 0 heterocycles. The molecule has 1 aliphatic carbocycles. The molecule has 29 heavy (non-hydrogen) atoms. The van der Waals surface area contributed by atoms with Crippen LogP contribution in [0, 0.1) is 11.8 Å². The molecular weight excluding hydrogens is 364 g/mol. The molecule has 2 N–H and O–H groups in total. The molecule has 1 aliphatic rings. The van der Waals surface area contributed by atoms with Crippen LogP contribution in [0.15, 0.2) is 84.9 Å². The highest BCUT2D eigenvalue weighted by molar-refractivity contribution is 6.00. The normalized spacial score (nSPS) is 17.2. The first-order valence-electron chi connectivity index (χ1n) is 9.65. The largest absolute Gasteiger partial charge is 0.455 e. The number of nitrogens with one attached hydrogen (secondary N) is 2. The van der Waals surface area contributed by atoms with Crippen LogP contribution in [0.25, 0.3) is 0 Å². The fourth-order valence-electron chi connectivity index (χ4n) is 3.19. The molecule has 2 unspecified atom stereocenters. The van der Waals surface area contributed by atoms with Gasteiger partial charge in [0.1, 0.15) is 5.75 Å². The molecule has 3 aromatic rings. The summed E-state index contributed by atoms with van der Waals surface area (Å²) in [5, 5.41) is 5.82. The first kappa shape index (κ1) is 18.7. The van der Waals surface area contributed by atoms with E-state index in [0.29, 0.717) is 30.2 Å². The minimum Gasteiger partial charge on any atom is -0.455 e. The first-order valence-corrected chi connectivity index (χ1v) is 9.65. The zero-order valence-corrected chi connectivity index (χ0v) is 15.9. The van der Waals surface area contributed by atoms with Gasteiger partial charge in [-0.3, -0.25) is 9.59 Å². The lowest BCUT2D eigenvalue weighted by Gasteiger charge is -2.12. The van der Waals surface area contributed by atoms with Gasteiger partial charge in [0.05, 0.1) is 17.5 Å². The van der Waals surface area contributed by atoms with Gasteiger partial charge >= 0.3 is 0 Å². The Morgan fingerprint density at radius 3 is 2.17 bits per heavy atom. The number of rotatable bonds is 7. The summed E-state index contributed by atoms with van der Waals surface area (Å²) in [5.74, 6) is 0.435. The van der Waals surface area contributed by atoms with Crippen LogP contribution < -0.4 is 15.4 Å². The van der Waals surface area contributed by atoms with Crippen molar-refractivity contribution in [2.45, 2.75) is 13.0 Å². The van der Waals surface area contributed by atoms with Crippen molar-refractivity contribution in [2.24, 2.45) is 11.8 Å². The Kier molecular flexibility index (Phi) is 5.56. The molecule has 2 amide bonds. The van der Waals surface area contributed by atoms with Gasteiger partial charge in [-0.15, -0.1) is 0 Å². The molecule has 146 valence electrons. The van der Waals surface area contributed by atoms with E-state index in [1.54, 1.807) is 12.1 Å². The second-order valence-electron chi connectivity index (χ2n) is 7.05. The summed E-state index contributed by atoms with van der Waals surface area (Å²) in [6.07, 6.45) is 0.564. The van der Waals surface area contributed by atoms with E-state index in [2.05, 4.69) is 10.6 Å². The molecule has 4 rings (SSSR count). The number of anilines is 1. The minimum atomic E-state index is -0.310. The van der Waals surface area contributed by atoms with Gasteiger partial charge < -0.3 is 15.4 Å². The van der Waals surface area contributed by atoms with Crippen molar-refractivity contribution in [3.63, 3.8) is 0 Å². The lowest BCUT2D eigenvalue weighted by molar-refractivity contribution is -0.125. The van der Waals surface area contributed by atoms with Gasteiger partial charge in [-0.05, 0) is 36.2 Å². The monoisotopic (exact) mass is 386 g/mol. The van der Waals surface area contributed by atoms with Gasteiger partial charge in [0, 0.05) is 6.54 Å². The van der Waals surface area contributed by atoms with Gasteiger partial charge in [0.15, 0.2) is 5.75 Å². The molecule has 5 nitrogen and oxygen atoms in total. The average molecular weight is 386 g/mol. The Morgan fingerprint density at radius 1 is 0.793 bits per heavy atom. The summed E-state index contributed by atoms with van der Waals surface area (Å²) in [4.78, 5) is 25.0. The third kappa shape index (κ3) is 4.82. The summed E-state index contributed by atoms with van der Waals surface area (Å²) < 4.78 is 5.88. The van der Waals surface area contributed by atoms with Crippen molar-refractivity contribution < 1.29 is 14.3 Å². The third-order valence-electron chi connectivity index (χ3n) is 4.89. The highest BCUT2D eigenvalue weighted by Gasteiger charge is 2.48. The molecular formula is C24H22N2O3. The number of benzene rings is 3. The number of carbonyl (C=O) groups is 2. The van der Waals surface area contributed by atoms with Gasteiger partial charge in [-0.25, -0.2) is 0 Å². The quantitative estimate of drug-likeness (QED) is 0.634. The van der Waals surface area contributed by atoms with Crippen LogP contribution in [0.1, 0.15) is 12.0 Å². The zero-order chi connectivity index (χ0) is 20.1. The van der Waals surface area contributed by atoms with Crippen LogP contribution in [-0.4, -0.2) is 11.8 Å². The van der Waals surface area contributed by atoms with Crippen molar-refractivity contribution in [1.82, 2.24) is 5.32 Å². The van der Waals surface area contributed by atoms with Crippen LogP contribution >= 0.6 is 0 Å². The van der Waals surface area contributed by atoms with Crippen molar-refractivity contribution in [3.8, 4) is 11.5 Å². The standard InChI is InChI=1S/C24H22N2O3/c27-23(25-16-17-9-3-1-4-10-17)19-15-20(19)24(28)26-21-13-7-8-14-22(21)29-18-11-5-2-6-12-18/h1-14,19-20H,15-16H2,(H,25,27)(H,26,28). The smallest absolute Gasteiger partial charge is 0.228 e. The first-order chi connectivity index (χ1) is 14.2. The fraction of sp³-hybridized carbons (Fsp3) is 0.167. The molecule has 0 spiro atoms. The predicted octanol–water partition coefficient (Wildman–Crippen LogP) is 4.37. The Balaban J connectivity index is 1.33. The van der Waals surface area contributed by atoms with E-state index in [1.807, 2.05) is 72.8 Å². The maximum Gasteiger partial charge on any atom is 0.228 e. The molecule has 3 aromatic carbocycles.